The minimum Gasteiger partial charge on any atom is -0.346 e. The van der Waals surface area contributed by atoms with Crippen LogP contribution in [0.4, 0.5) is 0 Å². The van der Waals surface area contributed by atoms with Crippen LogP contribution in [0, 0.1) is 0 Å². The molecule has 0 bridgehead atoms. The lowest BCUT2D eigenvalue weighted by Crippen LogP contribution is -2.30. The third-order valence-corrected chi connectivity index (χ3v) is 6.48. The van der Waals surface area contributed by atoms with Crippen LogP contribution in [0.3, 0.4) is 0 Å². The van der Waals surface area contributed by atoms with Crippen molar-refractivity contribution < 1.29 is 21.6 Å². The maximum absolute atomic E-state index is 12.4. The normalized spacial score (nSPS) is 13.3. The molecule has 0 aromatic heterocycles. The maximum Gasteiger partial charge on any atom is 0.251 e. The first-order valence-electron chi connectivity index (χ1n) is 8.46. The quantitative estimate of drug-likeness (QED) is 0.618. The zero-order valence-electron chi connectivity index (χ0n) is 15.7. The largest absolute Gasteiger partial charge is 0.346 e. The molecule has 28 heavy (non-hydrogen) atoms. The van der Waals surface area contributed by atoms with Gasteiger partial charge in [0.1, 0.15) is 0 Å². The van der Waals surface area contributed by atoms with Crippen LogP contribution in [0.15, 0.2) is 58.3 Å². The Morgan fingerprint density at radius 3 is 1.82 bits per heavy atom. The highest BCUT2D eigenvalue weighted by Gasteiger charge is 2.17. The summed E-state index contributed by atoms with van der Waals surface area (Å²) in [6, 6.07) is 10.8. The predicted octanol–water partition coefficient (Wildman–Crippen LogP) is 1.51. The number of rotatable bonds is 7. The van der Waals surface area contributed by atoms with Crippen LogP contribution in [0.5, 0.6) is 0 Å². The summed E-state index contributed by atoms with van der Waals surface area (Å²) in [6.07, 6.45) is 0. The van der Waals surface area contributed by atoms with Crippen molar-refractivity contribution in [1.82, 2.24) is 10.0 Å². The minimum atomic E-state index is -3.78. The predicted molar refractivity (Wildman–Crippen MR) is 106 cm³/mol. The minimum absolute atomic E-state index is 0.0124. The first-order chi connectivity index (χ1) is 12.9. The Balaban J connectivity index is 2.10. The molecule has 1 amide bonds. The number of benzene rings is 2. The summed E-state index contributed by atoms with van der Waals surface area (Å²) in [5.41, 5.74) is 0.998. The summed E-state index contributed by atoms with van der Waals surface area (Å²) in [4.78, 5) is 12.5. The van der Waals surface area contributed by atoms with Crippen molar-refractivity contribution in [2.45, 2.75) is 42.6 Å². The molecule has 1 atom stereocenters. The standard InChI is InChI=1S/C18H23N3O5S2/c1-12(2)21-28(25,26)17-10-6-15(7-11-17)18(22)20-13(3)14-4-8-16(9-5-14)27(19,23)24/h4-13,21H,1-3H3,(H,20,22)(H2,19,23,24)/t13-/m0/s1. The van der Waals surface area contributed by atoms with E-state index in [4.69, 9.17) is 5.14 Å². The molecule has 2 rings (SSSR count). The van der Waals surface area contributed by atoms with Gasteiger partial charge in [-0.1, -0.05) is 12.1 Å². The van der Waals surface area contributed by atoms with E-state index in [1.807, 2.05) is 0 Å². The highest BCUT2D eigenvalue weighted by atomic mass is 32.2. The molecule has 152 valence electrons. The molecule has 0 aliphatic carbocycles. The van der Waals surface area contributed by atoms with Gasteiger partial charge in [-0.05, 0) is 62.7 Å². The lowest BCUT2D eigenvalue weighted by molar-refractivity contribution is 0.0939. The molecule has 2 aromatic carbocycles. The summed E-state index contributed by atoms with van der Waals surface area (Å²) in [6.45, 7) is 5.18. The van der Waals surface area contributed by atoms with Gasteiger partial charge in [-0.15, -0.1) is 0 Å². The number of carbonyl (C=O) groups is 1. The van der Waals surface area contributed by atoms with Gasteiger partial charge < -0.3 is 5.32 Å². The van der Waals surface area contributed by atoms with Crippen LogP contribution < -0.4 is 15.2 Å². The summed E-state index contributed by atoms with van der Waals surface area (Å²) in [5.74, 6) is -0.385. The van der Waals surface area contributed by atoms with Crippen LogP contribution in [-0.4, -0.2) is 28.8 Å². The number of nitrogens with one attached hydrogen (secondary N) is 2. The molecule has 0 aliphatic heterocycles. The van der Waals surface area contributed by atoms with E-state index < -0.39 is 26.1 Å². The third-order valence-electron chi connectivity index (χ3n) is 3.87. The first kappa shape index (κ1) is 22.0. The molecule has 0 unspecified atom stereocenters. The van der Waals surface area contributed by atoms with Gasteiger partial charge in [0.2, 0.25) is 20.0 Å². The van der Waals surface area contributed by atoms with Gasteiger partial charge in [-0.3, -0.25) is 4.79 Å². The van der Waals surface area contributed by atoms with E-state index in [1.165, 1.54) is 36.4 Å². The average Bonchev–Trinajstić information content (AvgIpc) is 2.60. The molecule has 8 nitrogen and oxygen atoms in total. The Labute approximate surface area is 165 Å². The van der Waals surface area contributed by atoms with Gasteiger partial charge in [-0.2, -0.15) is 0 Å². The van der Waals surface area contributed by atoms with Gasteiger partial charge in [0.15, 0.2) is 0 Å². The molecule has 0 radical (unpaired) electrons. The van der Waals surface area contributed by atoms with Crippen molar-refractivity contribution >= 4 is 26.0 Å². The van der Waals surface area contributed by atoms with E-state index in [0.717, 1.165) is 0 Å². The molecule has 4 N–H and O–H groups in total. The van der Waals surface area contributed by atoms with Gasteiger partial charge >= 0.3 is 0 Å². The molecule has 0 spiro atoms. The molecule has 2 aromatic rings. The summed E-state index contributed by atoms with van der Waals surface area (Å²) < 4.78 is 49.3. The van der Waals surface area contributed by atoms with E-state index in [9.17, 15) is 21.6 Å². The molecule has 0 heterocycles. The summed E-state index contributed by atoms with van der Waals surface area (Å²) in [5, 5.41) is 7.84. The summed E-state index contributed by atoms with van der Waals surface area (Å²) >= 11 is 0. The number of amides is 1. The number of primary sulfonamides is 1. The second kappa shape index (κ2) is 8.39. The van der Waals surface area contributed by atoms with Crippen molar-refractivity contribution in [2.24, 2.45) is 5.14 Å². The Kier molecular flexibility index (Phi) is 6.60. The van der Waals surface area contributed by atoms with Gasteiger partial charge in [0.25, 0.3) is 5.91 Å². The average molecular weight is 426 g/mol. The van der Waals surface area contributed by atoms with Gasteiger partial charge in [-0.25, -0.2) is 26.7 Å². The van der Waals surface area contributed by atoms with Crippen molar-refractivity contribution in [3.05, 3.63) is 59.7 Å². The number of hydrogen-bond donors (Lipinski definition) is 3. The van der Waals surface area contributed by atoms with E-state index in [-0.39, 0.29) is 21.7 Å². The monoisotopic (exact) mass is 425 g/mol. The van der Waals surface area contributed by atoms with Crippen molar-refractivity contribution in [2.75, 3.05) is 0 Å². The van der Waals surface area contributed by atoms with Crippen LogP contribution >= 0.6 is 0 Å². The van der Waals surface area contributed by atoms with Crippen LogP contribution in [-0.2, 0) is 20.0 Å². The molecular formula is C18H23N3O5S2. The molecule has 0 saturated carbocycles. The van der Waals surface area contributed by atoms with Gasteiger partial charge in [0.05, 0.1) is 15.8 Å². The zero-order valence-corrected chi connectivity index (χ0v) is 17.3. The van der Waals surface area contributed by atoms with E-state index in [0.29, 0.717) is 11.1 Å². The van der Waals surface area contributed by atoms with Crippen molar-refractivity contribution in [1.29, 1.82) is 0 Å². The Morgan fingerprint density at radius 1 is 0.857 bits per heavy atom. The lowest BCUT2D eigenvalue weighted by atomic mass is 10.1. The van der Waals surface area contributed by atoms with E-state index in [1.54, 1.807) is 32.9 Å². The second-order valence-corrected chi connectivity index (χ2v) is 9.88. The molecule has 0 aliphatic rings. The van der Waals surface area contributed by atoms with Gasteiger partial charge in [0, 0.05) is 11.6 Å². The Morgan fingerprint density at radius 2 is 1.36 bits per heavy atom. The fourth-order valence-electron chi connectivity index (χ4n) is 2.47. The topological polar surface area (TPSA) is 135 Å². The molecule has 10 heteroatoms. The fourth-order valence-corrected chi connectivity index (χ4v) is 4.24. The summed E-state index contributed by atoms with van der Waals surface area (Å²) in [7, 11) is -7.40. The lowest BCUT2D eigenvalue weighted by Gasteiger charge is -2.15. The molecular weight excluding hydrogens is 402 g/mol. The first-order valence-corrected chi connectivity index (χ1v) is 11.5. The number of nitrogens with two attached hydrogens (primary N) is 1. The number of sulfonamides is 2. The number of hydrogen-bond acceptors (Lipinski definition) is 5. The molecule has 0 fully saturated rings. The van der Waals surface area contributed by atoms with Crippen molar-refractivity contribution in [3.63, 3.8) is 0 Å². The number of carbonyl (C=O) groups excluding carboxylic acids is 1. The van der Waals surface area contributed by atoms with E-state index >= 15 is 0 Å². The molecule has 0 saturated heterocycles. The fraction of sp³-hybridized carbons (Fsp3) is 0.278. The third kappa shape index (κ3) is 5.61. The second-order valence-electron chi connectivity index (χ2n) is 6.61. The highest BCUT2D eigenvalue weighted by Crippen LogP contribution is 2.17. The van der Waals surface area contributed by atoms with E-state index in [2.05, 4.69) is 10.0 Å². The van der Waals surface area contributed by atoms with Crippen LogP contribution in [0.2, 0.25) is 0 Å². The Hall–Kier alpha value is -2.27. The van der Waals surface area contributed by atoms with Crippen LogP contribution in [0.25, 0.3) is 0 Å². The van der Waals surface area contributed by atoms with Crippen LogP contribution in [0.1, 0.15) is 42.7 Å². The highest BCUT2D eigenvalue weighted by molar-refractivity contribution is 7.89. The maximum atomic E-state index is 12.4. The Bertz CT molecular complexity index is 1050. The zero-order chi connectivity index (χ0) is 21.1. The van der Waals surface area contributed by atoms with Crippen molar-refractivity contribution in [3.8, 4) is 0 Å². The SMILES string of the molecule is CC(C)NS(=O)(=O)c1ccc(C(=O)N[C@@H](C)c2ccc(S(N)(=O)=O)cc2)cc1. The smallest absolute Gasteiger partial charge is 0.251 e.